The maximum absolute atomic E-state index is 6.52. The number of hydrogen-bond acceptors (Lipinski definition) is 3. The Bertz CT molecular complexity index is 530. The second-order valence-electron chi connectivity index (χ2n) is 7.85. The van der Waals surface area contributed by atoms with Crippen LogP contribution in [-0.2, 0) is 6.54 Å². The van der Waals surface area contributed by atoms with Crippen LogP contribution in [0.1, 0.15) is 43.7 Å². The van der Waals surface area contributed by atoms with Crippen molar-refractivity contribution in [2.75, 3.05) is 46.3 Å². The number of nitrogens with zero attached hydrogens (tertiary/aromatic N) is 3. The molecule has 0 aromatic heterocycles. The molecule has 2 aliphatic rings. The van der Waals surface area contributed by atoms with Crippen molar-refractivity contribution >= 4 is 11.6 Å². The quantitative estimate of drug-likeness (QED) is 0.821. The van der Waals surface area contributed by atoms with Gasteiger partial charge in [-0.3, -0.25) is 9.80 Å². The average molecular weight is 350 g/mol. The molecule has 0 radical (unpaired) electrons. The fraction of sp³-hybridized carbons (Fsp3) is 0.700. The largest absolute Gasteiger partial charge is 0.306 e. The normalized spacial score (nSPS) is 22.4. The first-order valence-electron chi connectivity index (χ1n) is 9.46. The fourth-order valence-corrected chi connectivity index (χ4v) is 4.19. The van der Waals surface area contributed by atoms with Crippen LogP contribution >= 0.6 is 11.6 Å². The molecule has 2 fully saturated rings. The second kappa shape index (κ2) is 8.18. The van der Waals surface area contributed by atoms with Gasteiger partial charge >= 0.3 is 0 Å². The Balaban J connectivity index is 1.50. The highest BCUT2D eigenvalue weighted by molar-refractivity contribution is 6.31. The van der Waals surface area contributed by atoms with Crippen molar-refractivity contribution in [3.8, 4) is 0 Å². The van der Waals surface area contributed by atoms with Gasteiger partial charge < -0.3 is 4.90 Å². The number of piperidine rings is 1. The van der Waals surface area contributed by atoms with Gasteiger partial charge in [0.1, 0.15) is 0 Å². The topological polar surface area (TPSA) is 9.72 Å². The molecule has 0 saturated carbocycles. The summed E-state index contributed by atoms with van der Waals surface area (Å²) in [5, 5.41) is 0.930. The van der Waals surface area contributed by atoms with E-state index in [-0.39, 0.29) is 0 Å². The van der Waals surface area contributed by atoms with Crippen LogP contribution < -0.4 is 0 Å². The van der Waals surface area contributed by atoms with Gasteiger partial charge in [-0.15, -0.1) is 0 Å². The smallest absolute Gasteiger partial charge is 0.0453 e. The first-order valence-corrected chi connectivity index (χ1v) is 9.84. The van der Waals surface area contributed by atoms with Crippen LogP contribution in [0.25, 0.3) is 0 Å². The molecule has 2 heterocycles. The minimum absolute atomic E-state index is 0.537. The molecule has 2 saturated heterocycles. The molecule has 1 aromatic rings. The Kier molecular flexibility index (Phi) is 6.20. The van der Waals surface area contributed by atoms with E-state index in [0.29, 0.717) is 5.92 Å². The fourth-order valence-electron chi connectivity index (χ4n) is 3.94. The molecule has 0 bridgehead atoms. The van der Waals surface area contributed by atoms with E-state index in [1.165, 1.54) is 50.1 Å². The maximum atomic E-state index is 6.52. The maximum Gasteiger partial charge on any atom is 0.0453 e. The first kappa shape index (κ1) is 18.2. The van der Waals surface area contributed by atoms with Gasteiger partial charge in [-0.25, -0.2) is 0 Å². The molecule has 24 heavy (non-hydrogen) atoms. The van der Waals surface area contributed by atoms with Crippen LogP contribution in [0.4, 0.5) is 0 Å². The van der Waals surface area contributed by atoms with Crippen molar-refractivity contribution in [1.29, 1.82) is 0 Å². The Hall–Kier alpha value is -0.610. The predicted molar refractivity (Wildman–Crippen MR) is 103 cm³/mol. The minimum Gasteiger partial charge on any atom is -0.306 e. The number of halogens is 1. The van der Waals surface area contributed by atoms with Crippen LogP contribution in [-0.4, -0.2) is 67.1 Å². The summed E-state index contributed by atoms with van der Waals surface area (Å²) >= 11 is 6.52. The number of piperazine rings is 1. The summed E-state index contributed by atoms with van der Waals surface area (Å²) in [5.74, 6) is 0.537. The van der Waals surface area contributed by atoms with Gasteiger partial charge in [0.2, 0.25) is 0 Å². The van der Waals surface area contributed by atoms with E-state index in [2.05, 4.69) is 53.8 Å². The molecule has 0 aliphatic carbocycles. The number of likely N-dealkylation sites (tertiary alicyclic amines) is 1. The van der Waals surface area contributed by atoms with E-state index in [1.54, 1.807) is 0 Å². The molecular formula is C20H32ClN3. The van der Waals surface area contributed by atoms with Gasteiger partial charge in [-0.05, 0) is 56.1 Å². The molecule has 0 unspecified atom stereocenters. The SMILES string of the molecule is CC(C)c1ccc(CN2CCN(C3CCN(C)CC3)CC2)c(Cl)c1. The summed E-state index contributed by atoms with van der Waals surface area (Å²) in [5.41, 5.74) is 2.60. The highest BCUT2D eigenvalue weighted by atomic mass is 35.5. The van der Waals surface area contributed by atoms with E-state index in [4.69, 9.17) is 11.6 Å². The summed E-state index contributed by atoms with van der Waals surface area (Å²) in [6.07, 6.45) is 2.66. The van der Waals surface area contributed by atoms with Crippen LogP contribution in [0.5, 0.6) is 0 Å². The lowest BCUT2D eigenvalue weighted by Gasteiger charge is -2.42. The van der Waals surface area contributed by atoms with Crippen molar-refractivity contribution in [1.82, 2.24) is 14.7 Å². The van der Waals surface area contributed by atoms with Gasteiger partial charge in [0.15, 0.2) is 0 Å². The molecule has 0 N–H and O–H groups in total. The van der Waals surface area contributed by atoms with Crippen LogP contribution in [0.2, 0.25) is 5.02 Å². The summed E-state index contributed by atoms with van der Waals surface area (Å²) in [6.45, 7) is 12.7. The van der Waals surface area contributed by atoms with Crippen molar-refractivity contribution in [2.24, 2.45) is 0 Å². The van der Waals surface area contributed by atoms with Gasteiger partial charge in [0.25, 0.3) is 0 Å². The monoisotopic (exact) mass is 349 g/mol. The lowest BCUT2D eigenvalue weighted by atomic mass is 10.0. The minimum atomic E-state index is 0.537. The number of hydrogen-bond donors (Lipinski definition) is 0. The third kappa shape index (κ3) is 4.51. The molecule has 2 aliphatic heterocycles. The lowest BCUT2D eigenvalue weighted by molar-refractivity contribution is 0.0618. The van der Waals surface area contributed by atoms with Gasteiger partial charge in [0, 0.05) is 43.8 Å². The van der Waals surface area contributed by atoms with E-state index in [0.717, 1.165) is 30.7 Å². The molecule has 0 atom stereocenters. The Morgan fingerprint density at radius 3 is 2.29 bits per heavy atom. The molecule has 0 amide bonds. The average Bonchev–Trinajstić information content (AvgIpc) is 2.58. The van der Waals surface area contributed by atoms with Crippen molar-refractivity contribution in [2.45, 2.75) is 45.2 Å². The molecule has 1 aromatic carbocycles. The second-order valence-corrected chi connectivity index (χ2v) is 8.26. The number of benzene rings is 1. The Morgan fingerprint density at radius 2 is 1.71 bits per heavy atom. The zero-order valence-electron chi connectivity index (χ0n) is 15.5. The van der Waals surface area contributed by atoms with E-state index in [9.17, 15) is 0 Å². The zero-order chi connectivity index (χ0) is 17.1. The summed E-state index contributed by atoms with van der Waals surface area (Å²) < 4.78 is 0. The van der Waals surface area contributed by atoms with E-state index < -0.39 is 0 Å². The molecule has 4 heteroatoms. The molecule has 0 spiro atoms. The Labute approximate surface area is 152 Å². The van der Waals surface area contributed by atoms with E-state index >= 15 is 0 Å². The summed E-state index contributed by atoms with van der Waals surface area (Å²) in [7, 11) is 2.24. The molecule has 134 valence electrons. The number of rotatable bonds is 4. The Morgan fingerprint density at radius 1 is 1.04 bits per heavy atom. The molecule has 3 rings (SSSR count). The highest BCUT2D eigenvalue weighted by Gasteiger charge is 2.26. The predicted octanol–water partition coefficient (Wildman–Crippen LogP) is 3.68. The third-order valence-electron chi connectivity index (χ3n) is 5.75. The van der Waals surface area contributed by atoms with Gasteiger partial charge in [-0.1, -0.05) is 37.6 Å². The molecular weight excluding hydrogens is 318 g/mol. The summed E-state index contributed by atoms with van der Waals surface area (Å²) in [4.78, 5) is 7.73. The lowest BCUT2D eigenvalue weighted by Crippen LogP contribution is -2.52. The van der Waals surface area contributed by atoms with E-state index in [1.807, 2.05) is 0 Å². The standard InChI is InChI=1S/C20H32ClN3/c1-16(2)17-4-5-18(20(21)14-17)15-23-10-12-24(13-11-23)19-6-8-22(3)9-7-19/h4-5,14,16,19H,6-13,15H2,1-3H3. The zero-order valence-corrected chi connectivity index (χ0v) is 16.2. The first-order chi connectivity index (χ1) is 11.5. The molecule has 3 nitrogen and oxygen atoms in total. The van der Waals surface area contributed by atoms with Crippen LogP contribution in [0.3, 0.4) is 0 Å². The van der Waals surface area contributed by atoms with Gasteiger partial charge in [0.05, 0.1) is 0 Å². The highest BCUT2D eigenvalue weighted by Crippen LogP contribution is 2.25. The van der Waals surface area contributed by atoms with Crippen LogP contribution in [0, 0.1) is 0 Å². The van der Waals surface area contributed by atoms with Crippen molar-refractivity contribution < 1.29 is 0 Å². The van der Waals surface area contributed by atoms with Crippen molar-refractivity contribution in [3.05, 3.63) is 34.3 Å². The van der Waals surface area contributed by atoms with Gasteiger partial charge in [-0.2, -0.15) is 0 Å². The van der Waals surface area contributed by atoms with Crippen LogP contribution in [0.15, 0.2) is 18.2 Å². The third-order valence-corrected chi connectivity index (χ3v) is 6.10. The van der Waals surface area contributed by atoms with Crippen molar-refractivity contribution in [3.63, 3.8) is 0 Å². The summed E-state index contributed by atoms with van der Waals surface area (Å²) in [6, 6.07) is 7.41.